The van der Waals surface area contributed by atoms with Crippen LogP contribution in [0.15, 0.2) is 480 Å². The number of hydrogen-bond acceptors (Lipinski definition) is 9. The van der Waals surface area contributed by atoms with Crippen LogP contribution in [-0.2, 0) is 0 Å². The fraction of sp³-hybridized carbons (Fsp3) is 0. The zero-order valence-corrected chi connectivity index (χ0v) is 67.1. The van der Waals surface area contributed by atoms with E-state index in [0.717, 1.165) is 98.7 Å². The van der Waals surface area contributed by atoms with Crippen molar-refractivity contribution in [3.05, 3.63) is 480 Å². The molecule has 0 spiro atoms. The van der Waals surface area contributed by atoms with Gasteiger partial charge in [0, 0.05) is 104 Å². The first kappa shape index (κ1) is 74.9. The molecule has 19 rings (SSSR count). The first-order chi connectivity index (χ1) is 58.0. The highest BCUT2D eigenvalue weighted by Gasteiger charge is 2.48. The van der Waals surface area contributed by atoms with Gasteiger partial charge in [-0.25, -0.2) is 0 Å². The number of benzene rings is 10. The van der Waals surface area contributed by atoms with Crippen LogP contribution in [0.4, 0.5) is 0 Å². The van der Waals surface area contributed by atoms with E-state index in [1.165, 1.54) is 42.6 Å². The van der Waals surface area contributed by atoms with Gasteiger partial charge in [-0.2, -0.15) is 0 Å². The maximum atomic E-state index is 5.26. The normalized spacial score (nSPS) is 11.2. The van der Waals surface area contributed by atoms with Crippen molar-refractivity contribution in [2.45, 2.75) is 0 Å². The van der Waals surface area contributed by atoms with Crippen LogP contribution in [0.2, 0.25) is 0 Å². The average Bonchev–Trinajstić information content (AvgIpc) is 0.758. The van der Waals surface area contributed by atoms with Gasteiger partial charge < -0.3 is 0 Å². The van der Waals surface area contributed by atoms with Crippen molar-refractivity contribution in [3.63, 3.8) is 0 Å². The third-order valence-electron chi connectivity index (χ3n) is 21.5. The van der Waals surface area contributed by atoms with E-state index < -0.39 is 24.2 Å². The van der Waals surface area contributed by atoms with Crippen molar-refractivity contribution in [3.8, 4) is 78.3 Å². The molecule has 12 heteroatoms. The van der Waals surface area contributed by atoms with E-state index in [4.69, 9.17) is 29.9 Å². The predicted octanol–water partition coefficient (Wildman–Crippen LogP) is 15.4. The summed E-state index contributed by atoms with van der Waals surface area (Å²) in [6, 6.07) is 148. The smallest absolute Gasteiger partial charge is 0.243 e. The lowest BCUT2D eigenvalue weighted by Gasteiger charge is -2.33. The largest absolute Gasteiger partial charge is 0.264 e. The standard InChI is InChI=1S/C43H31N5Si.C34H26N2Si.C28H22N2Si/c1-3-11-32(12-4-1)34-17-22-38(23-18-34)49(41-24-19-35(29-46-41)33-13-5-2-6-14-33,42-25-20-36(30-47-42)39-15-7-9-27-44-39)43-26-21-37(31-48-43)40-16-8-10-28-45-40;1-5-13-27(14-6-1)29-21-23-33(35-25-29)37(31-17-9-3-10-18-31,32-19-11-4-12-20-32)34-24-22-30(26-36-34)28-15-7-2-8-16-28;1-4-12-24(13-5-1)31(25-14-6-2-7-15-25,26-16-8-3-9-17-26)28-20-19-23(22-30-28)27-18-10-11-21-29-27/h1-31H;1-26H;1-22H. The summed E-state index contributed by atoms with van der Waals surface area (Å²) in [5.74, 6) is 0. The molecule has 0 aliphatic carbocycles. The Morgan fingerprint density at radius 2 is 0.308 bits per heavy atom. The van der Waals surface area contributed by atoms with Crippen LogP contribution in [0.5, 0.6) is 0 Å². The van der Waals surface area contributed by atoms with E-state index in [2.05, 4.69) is 361 Å². The molecule has 0 amide bonds. The summed E-state index contributed by atoms with van der Waals surface area (Å²) in [6.07, 6.45) is 17.3. The van der Waals surface area contributed by atoms with E-state index in [-0.39, 0.29) is 0 Å². The van der Waals surface area contributed by atoms with Crippen molar-refractivity contribution in [1.29, 1.82) is 0 Å². The third kappa shape index (κ3) is 15.8. The third-order valence-corrected chi connectivity index (χ3v) is 35.1. The fourth-order valence-electron chi connectivity index (χ4n) is 15.8. The van der Waals surface area contributed by atoms with E-state index in [0.29, 0.717) is 0 Å². The van der Waals surface area contributed by atoms with E-state index in [9.17, 15) is 0 Å². The first-order valence-corrected chi connectivity index (χ1v) is 45.2. The Morgan fingerprint density at radius 1 is 0.120 bits per heavy atom. The summed E-state index contributed by atoms with van der Waals surface area (Å²) in [7, 11) is -8.49. The van der Waals surface area contributed by atoms with Crippen LogP contribution in [0.1, 0.15) is 0 Å². The fourth-order valence-corrected chi connectivity index (χ4v) is 28.8. The molecule has 556 valence electrons. The van der Waals surface area contributed by atoms with Gasteiger partial charge >= 0.3 is 0 Å². The van der Waals surface area contributed by atoms with Crippen LogP contribution < -0.4 is 63.0 Å². The molecule has 117 heavy (non-hydrogen) atoms. The summed E-state index contributed by atoms with van der Waals surface area (Å²) in [4.78, 5) is 44.7. The molecule has 0 saturated carbocycles. The molecule has 0 aliphatic heterocycles. The molecule has 0 N–H and O–H groups in total. The van der Waals surface area contributed by atoms with Crippen LogP contribution >= 0.6 is 0 Å². The van der Waals surface area contributed by atoms with Crippen molar-refractivity contribution in [2.75, 3.05) is 0 Å². The highest BCUT2D eigenvalue weighted by atomic mass is 28.3. The Bertz CT molecular complexity index is 5740. The number of aromatic nitrogens is 9. The molecule has 9 aromatic heterocycles. The SMILES string of the molecule is c1ccc(-c2ccc([Si](c3ccc(-c4ccccc4)cn3)(c3ccc(-c4ccccn4)cn3)c3ccc(-c4ccccn4)cn3)cc2)cc1.c1ccc(-c2ccc([Si](c3ccccc3)(c3ccccc3)c3ccc(-c4ccccc4)cn3)nc2)cc1.c1ccc([Si](c2ccccc2)(c2ccccc2)c2ccc(-c3ccccn3)cn2)cc1. The lowest BCUT2D eigenvalue weighted by molar-refractivity contribution is 1.28. The maximum absolute atomic E-state index is 5.26. The maximum Gasteiger partial charge on any atom is 0.243 e. The molecule has 10 aromatic carbocycles. The van der Waals surface area contributed by atoms with Crippen LogP contribution in [-0.4, -0.2) is 69.1 Å². The monoisotopic (exact) mass is 1550 g/mol. The first-order valence-electron chi connectivity index (χ1n) is 39.2. The second-order valence-corrected chi connectivity index (χ2v) is 39.4. The molecule has 0 bridgehead atoms. The molecule has 0 fully saturated rings. The van der Waals surface area contributed by atoms with E-state index in [1.54, 1.807) is 0 Å². The Kier molecular flexibility index (Phi) is 22.7. The zero-order valence-electron chi connectivity index (χ0n) is 64.1. The van der Waals surface area contributed by atoms with Crippen LogP contribution in [0.3, 0.4) is 0 Å². The van der Waals surface area contributed by atoms with Crippen molar-refractivity contribution >= 4 is 87.2 Å². The summed E-state index contributed by atoms with van der Waals surface area (Å²) >= 11 is 0. The van der Waals surface area contributed by atoms with Gasteiger partial charge in [0.1, 0.15) is 0 Å². The lowest BCUT2D eigenvalue weighted by atomic mass is 10.1. The van der Waals surface area contributed by atoms with Gasteiger partial charge in [-0.05, 0) is 167 Å². The quantitative estimate of drug-likeness (QED) is 0.0576. The van der Waals surface area contributed by atoms with Crippen LogP contribution in [0, 0.1) is 0 Å². The number of nitrogens with zero attached hydrogens (tertiary/aromatic N) is 9. The van der Waals surface area contributed by atoms with Gasteiger partial charge in [0.25, 0.3) is 0 Å². The average molecular weight is 1550 g/mol. The summed E-state index contributed by atoms with van der Waals surface area (Å²) in [5, 5.41) is 13.8. The topological polar surface area (TPSA) is 116 Å². The Morgan fingerprint density at radius 3 is 0.547 bits per heavy atom. The Labute approximate surface area is 686 Å². The van der Waals surface area contributed by atoms with Gasteiger partial charge in [-0.15, -0.1) is 0 Å². The van der Waals surface area contributed by atoms with Crippen LogP contribution in [0.25, 0.3) is 78.3 Å². The van der Waals surface area contributed by atoms with Crippen molar-refractivity contribution < 1.29 is 0 Å². The summed E-state index contributed by atoms with van der Waals surface area (Å²) < 4.78 is 0. The van der Waals surface area contributed by atoms with Crippen molar-refractivity contribution in [2.24, 2.45) is 0 Å². The predicted molar refractivity (Wildman–Crippen MR) is 488 cm³/mol. The summed E-state index contributed by atoms with van der Waals surface area (Å²) in [5.41, 5.74) is 14.7. The molecule has 0 atom stereocenters. The van der Waals surface area contributed by atoms with Gasteiger partial charge in [0.2, 0.25) is 24.2 Å². The van der Waals surface area contributed by atoms with Crippen molar-refractivity contribution in [1.82, 2.24) is 44.9 Å². The minimum atomic E-state index is -3.17. The Hall–Kier alpha value is -14.8. The molecule has 0 radical (unpaired) electrons. The van der Waals surface area contributed by atoms with Gasteiger partial charge in [0.05, 0.1) is 17.1 Å². The second-order valence-electron chi connectivity index (χ2n) is 28.4. The molecule has 0 saturated heterocycles. The number of pyridine rings is 9. The van der Waals surface area contributed by atoms with Gasteiger partial charge in [-0.1, -0.05) is 334 Å². The Balaban J connectivity index is 0.000000130. The molecule has 9 heterocycles. The zero-order chi connectivity index (χ0) is 78.7. The minimum absolute atomic E-state index is 0.879. The molecule has 19 aromatic rings. The van der Waals surface area contributed by atoms with E-state index >= 15 is 0 Å². The highest BCUT2D eigenvalue weighted by molar-refractivity contribution is 7.20. The molecular weight excluding hydrogens is 1470 g/mol. The van der Waals surface area contributed by atoms with Gasteiger partial charge in [0.15, 0.2) is 0 Å². The summed E-state index contributed by atoms with van der Waals surface area (Å²) in [6.45, 7) is 0. The van der Waals surface area contributed by atoms with Gasteiger partial charge in [-0.3, -0.25) is 44.9 Å². The second kappa shape index (κ2) is 35.5. The molecule has 0 unspecified atom stereocenters. The molecule has 9 nitrogen and oxygen atoms in total. The number of hydrogen-bond donors (Lipinski definition) is 0. The molecule has 0 aliphatic rings. The number of rotatable bonds is 19. The lowest BCUT2D eigenvalue weighted by Crippen LogP contribution is -2.77. The highest BCUT2D eigenvalue weighted by Crippen LogP contribution is 2.26. The molecular formula is C105H79N9Si3. The van der Waals surface area contributed by atoms with E-state index in [1.807, 2.05) is 135 Å². The minimum Gasteiger partial charge on any atom is -0.264 e.